The van der Waals surface area contributed by atoms with Crippen LogP contribution in [0.5, 0.6) is 0 Å². The van der Waals surface area contributed by atoms with Gasteiger partial charge in [0.2, 0.25) is 0 Å². The zero-order chi connectivity index (χ0) is 8.27. The summed E-state index contributed by atoms with van der Waals surface area (Å²) in [6.07, 6.45) is 7.40. The summed E-state index contributed by atoms with van der Waals surface area (Å²) in [4.78, 5) is 0. The first-order valence-corrected chi connectivity index (χ1v) is 5.20. The number of hydrogen-bond acceptors (Lipinski definition) is 0. The molecule has 0 bridgehead atoms. The van der Waals surface area contributed by atoms with Crippen molar-refractivity contribution >= 4 is 0 Å². The van der Waals surface area contributed by atoms with Crippen LogP contribution in [0.3, 0.4) is 0 Å². The van der Waals surface area contributed by atoms with Gasteiger partial charge >= 0.3 is 0 Å². The molecule has 11 heavy (non-hydrogen) atoms. The van der Waals surface area contributed by atoms with E-state index in [4.69, 9.17) is 0 Å². The van der Waals surface area contributed by atoms with E-state index in [1.165, 1.54) is 32.1 Å². The van der Waals surface area contributed by atoms with Crippen molar-refractivity contribution in [1.29, 1.82) is 0 Å². The third kappa shape index (κ3) is 2.84. The van der Waals surface area contributed by atoms with Gasteiger partial charge in [-0.2, -0.15) is 0 Å². The first-order valence-electron chi connectivity index (χ1n) is 5.20. The van der Waals surface area contributed by atoms with E-state index in [-0.39, 0.29) is 0 Å². The lowest BCUT2D eigenvalue weighted by Crippen LogP contribution is -2.06. The molecule has 1 aliphatic rings. The summed E-state index contributed by atoms with van der Waals surface area (Å²) in [5.41, 5.74) is 0. The van der Waals surface area contributed by atoms with E-state index in [1.807, 2.05) is 0 Å². The lowest BCUT2D eigenvalue weighted by atomic mass is 9.89. The maximum Gasteiger partial charge on any atom is -0.0391 e. The summed E-state index contributed by atoms with van der Waals surface area (Å²) in [6, 6.07) is 0. The molecule has 0 heteroatoms. The Balaban J connectivity index is 2.34. The standard InChI is InChI=1S/C11H22/c1-9(2)11-6-4-5-10(3)7-8-11/h9-11H,4-8H2,1-3H3/t10-,11-/m1/s1. The first-order chi connectivity index (χ1) is 5.20. The summed E-state index contributed by atoms with van der Waals surface area (Å²) < 4.78 is 0. The molecule has 0 unspecified atom stereocenters. The summed E-state index contributed by atoms with van der Waals surface area (Å²) in [6.45, 7) is 7.16. The van der Waals surface area contributed by atoms with Gasteiger partial charge in [-0.3, -0.25) is 0 Å². The SMILES string of the molecule is CC(C)[C@@H]1CCC[C@@H](C)CC1. The molecular weight excluding hydrogens is 132 g/mol. The van der Waals surface area contributed by atoms with Crippen LogP contribution in [-0.2, 0) is 0 Å². The van der Waals surface area contributed by atoms with E-state index in [2.05, 4.69) is 20.8 Å². The Morgan fingerprint density at radius 1 is 1.00 bits per heavy atom. The highest BCUT2D eigenvalue weighted by molar-refractivity contribution is 4.70. The van der Waals surface area contributed by atoms with Gasteiger partial charge in [0.05, 0.1) is 0 Å². The van der Waals surface area contributed by atoms with E-state index >= 15 is 0 Å². The second-order valence-corrected chi connectivity index (χ2v) is 4.62. The molecular formula is C11H22. The average molecular weight is 154 g/mol. The molecule has 1 fully saturated rings. The Morgan fingerprint density at radius 2 is 1.73 bits per heavy atom. The zero-order valence-electron chi connectivity index (χ0n) is 8.27. The van der Waals surface area contributed by atoms with Crippen LogP contribution in [0.15, 0.2) is 0 Å². The summed E-state index contributed by atoms with van der Waals surface area (Å²) in [5, 5.41) is 0. The molecule has 0 aliphatic heterocycles. The summed E-state index contributed by atoms with van der Waals surface area (Å²) in [7, 11) is 0. The van der Waals surface area contributed by atoms with Crippen LogP contribution in [0.1, 0.15) is 52.9 Å². The molecule has 0 aromatic carbocycles. The minimum absolute atomic E-state index is 0.917. The Hall–Kier alpha value is 0. The van der Waals surface area contributed by atoms with Gasteiger partial charge < -0.3 is 0 Å². The number of rotatable bonds is 1. The van der Waals surface area contributed by atoms with Crippen molar-refractivity contribution < 1.29 is 0 Å². The van der Waals surface area contributed by atoms with Gasteiger partial charge in [-0.1, -0.05) is 46.5 Å². The van der Waals surface area contributed by atoms with Gasteiger partial charge in [0, 0.05) is 0 Å². The first kappa shape index (κ1) is 9.09. The fourth-order valence-electron chi connectivity index (χ4n) is 2.18. The summed E-state index contributed by atoms with van der Waals surface area (Å²) >= 11 is 0. The molecule has 0 saturated heterocycles. The molecule has 2 atom stereocenters. The minimum atomic E-state index is 0.917. The maximum absolute atomic E-state index is 2.41. The van der Waals surface area contributed by atoms with E-state index < -0.39 is 0 Å². The highest BCUT2D eigenvalue weighted by atomic mass is 14.2. The van der Waals surface area contributed by atoms with Gasteiger partial charge in [-0.15, -0.1) is 0 Å². The molecule has 0 amide bonds. The normalized spacial score (nSPS) is 33.8. The maximum atomic E-state index is 2.41. The molecule has 0 radical (unpaired) electrons. The third-order valence-electron chi connectivity index (χ3n) is 3.24. The molecule has 0 N–H and O–H groups in total. The molecule has 0 aromatic heterocycles. The Kier molecular flexibility index (Phi) is 3.42. The minimum Gasteiger partial charge on any atom is -0.0625 e. The smallest absolute Gasteiger partial charge is 0.0391 e. The van der Waals surface area contributed by atoms with Crippen molar-refractivity contribution in [3.8, 4) is 0 Å². The van der Waals surface area contributed by atoms with Crippen molar-refractivity contribution in [2.75, 3.05) is 0 Å². The van der Waals surface area contributed by atoms with Gasteiger partial charge in [0.25, 0.3) is 0 Å². The van der Waals surface area contributed by atoms with Crippen LogP contribution in [0.25, 0.3) is 0 Å². The van der Waals surface area contributed by atoms with Gasteiger partial charge in [0.15, 0.2) is 0 Å². The van der Waals surface area contributed by atoms with Crippen molar-refractivity contribution in [3.05, 3.63) is 0 Å². The van der Waals surface area contributed by atoms with Crippen LogP contribution in [0, 0.1) is 17.8 Å². The molecule has 0 nitrogen and oxygen atoms in total. The molecule has 1 rings (SSSR count). The zero-order valence-corrected chi connectivity index (χ0v) is 8.27. The monoisotopic (exact) mass is 154 g/mol. The largest absolute Gasteiger partial charge is 0.0625 e. The van der Waals surface area contributed by atoms with Crippen LogP contribution in [-0.4, -0.2) is 0 Å². The van der Waals surface area contributed by atoms with Crippen molar-refractivity contribution in [2.45, 2.75) is 52.9 Å². The molecule has 66 valence electrons. The van der Waals surface area contributed by atoms with Crippen LogP contribution < -0.4 is 0 Å². The van der Waals surface area contributed by atoms with E-state index in [0.717, 1.165) is 17.8 Å². The van der Waals surface area contributed by atoms with Crippen LogP contribution in [0.4, 0.5) is 0 Å². The fraction of sp³-hybridized carbons (Fsp3) is 1.00. The molecule has 1 aliphatic carbocycles. The molecule has 0 aromatic rings. The second kappa shape index (κ2) is 4.13. The lowest BCUT2D eigenvalue weighted by Gasteiger charge is -2.17. The topological polar surface area (TPSA) is 0 Å². The average Bonchev–Trinajstić information content (AvgIpc) is 2.13. The van der Waals surface area contributed by atoms with Crippen LogP contribution in [0.2, 0.25) is 0 Å². The van der Waals surface area contributed by atoms with Gasteiger partial charge in [0.1, 0.15) is 0 Å². The van der Waals surface area contributed by atoms with E-state index in [1.54, 1.807) is 0 Å². The van der Waals surface area contributed by atoms with Gasteiger partial charge in [-0.25, -0.2) is 0 Å². The fourth-order valence-corrected chi connectivity index (χ4v) is 2.18. The predicted molar refractivity (Wildman–Crippen MR) is 50.6 cm³/mol. The quantitative estimate of drug-likeness (QED) is 0.503. The van der Waals surface area contributed by atoms with Crippen LogP contribution >= 0.6 is 0 Å². The van der Waals surface area contributed by atoms with E-state index in [9.17, 15) is 0 Å². The molecule has 0 spiro atoms. The molecule has 1 saturated carbocycles. The van der Waals surface area contributed by atoms with Crippen molar-refractivity contribution in [3.63, 3.8) is 0 Å². The van der Waals surface area contributed by atoms with Gasteiger partial charge in [-0.05, 0) is 24.2 Å². The molecule has 0 heterocycles. The highest BCUT2D eigenvalue weighted by Gasteiger charge is 2.18. The highest BCUT2D eigenvalue weighted by Crippen LogP contribution is 2.31. The lowest BCUT2D eigenvalue weighted by molar-refractivity contribution is 0.338. The predicted octanol–water partition coefficient (Wildman–Crippen LogP) is 3.86. The summed E-state index contributed by atoms with van der Waals surface area (Å²) in [5.74, 6) is 2.94. The third-order valence-corrected chi connectivity index (χ3v) is 3.24. The Morgan fingerprint density at radius 3 is 2.36 bits per heavy atom. The Bertz CT molecular complexity index is 105. The van der Waals surface area contributed by atoms with Crippen molar-refractivity contribution in [1.82, 2.24) is 0 Å². The van der Waals surface area contributed by atoms with E-state index in [0.29, 0.717) is 0 Å². The Labute approximate surface area is 71.4 Å². The van der Waals surface area contributed by atoms with Crippen molar-refractivity contribution in [2.24, 2.45) is 17.8 Å². The number of hydrogen-bond donors (Lipinski definition) is 0. The second-order valence-electron chi connectivity index (χ2n) is 4.62.